The van der Waals surface area contributed by atoms with Crippen molar-refractivity contribution >= 4 is 35.2 Å². The van der Waals surface area contributed by atoms with Gasteiger partial charge in [0.25, 0.3) is 0 Å². The van der Waals surface area contributed by atoms with Crippen molar-refractivity contribution in [3.63, 3.8) is 0 Å². The number of methoxy groups -OCH3 is 1. The zero-order chi connectivity index (χ0) is 25.8. The molecule has 7 heteroatoms. The van der Waals surface area contributed by atoms with Crippen LogP contribution in [-0.4, -0.2) is 42.2 Å². The Balaban J connectivity index is 1.85. The topological polar surface area (TPSA) is 58.6 Å². The molecule has 3 aromatic carbocycles. The number of rotatable bonds is 13. The summed E-state index contributed by atoms with van der Waals surface area (Å²) in [6.45, 7) is 2.89. The summed E-state index contributed by atoms with van der Waals surface area (Å²) < 4.78 is 5.38. The maximum Gasteiger partial charge on any atom is 0.243 e. The number of benzene rings is 3. The van der Waals surface area contributed by atoms with E-state index in [0.717, 1.165) is 23.1 Å². The van der Waals surface area contributed by atoms with Gasteiger partial charge in [-0.25, -0.2) is 0 Å². The molecule has 0 heterocycles. The van der Waals surface area contributed by atoms with Crippen LogP contribution in [0.15, 0.2) is 78.9 Å². The molecule has 0 aromatic heterocycles. The molecular formula is C29H33ClN2O3S. The van der Waals surface area contributed by atoms with E-state index in [1.807, 2.05) is 85.8 Å². The fraction of sp³-hybridized carbons (Fsp3) is 0.310. The van der Waals surface area contributed by atoms with Crippen LogP contribution in [0.3, 0.4) is 0 Å². The zero-order valence-corrected chi connectivity index (χ0v) is 22.4. The highest BCUT2D eigenvalue weighted by atomic mass is 35.5. The molecule has 0 saturated carbocycles. The summed E-state index contributed by atoms with van der Waals surface area (Å²) in [5.74, 6) is 1.40. The molecule has 1 N–H and O–H groups in total. The summed E-state index contributed by atoms with van der Waals surface area (Å²) in [6.07, 6.45) is 1.26. The predicted molar refractivity (Wildman–Crippen MR) is 148 cm³/mol. The van der Waals surface area contributed by atoms with Crippen LogP contribution in [0, 0.1) is 0 Å². The minimum atomic E-state index is -0.635. The highest BCUT2D eigenvalue weighted by Crippen LogP contribution is 2.21. The molecule has 0 aliphatic carbocycles. The first-order valence-electron chi connectivity index (χ1n) is 12.1. The normalized spacial score (nSPS) is 11.5. The molecule has 0 fully saturated rings. The number of hydrogen-bond donors (Lipinski definition) is 1. The Bertz CT molecular complexity index is 1130. The quantitative estimate of drug-likeness (QED) is 0.309. The predicted octanol–water partition coefficient (Wildman–Crippen LogP) is 5.75. The third-order valence-electron chi connectivity index (χ3n) is 5.69. The summed E-state index contributed by atoms with van der Waals surface area (Å²) in [5.41, 5.74) is 2.97. The number of nitrogens with one attached hydrogen (secondary N) is 1. The Morgan fingerprint density at radius 3 is 2.42 bits per heavy atom. The Morgan fingerprint density at radius 1 is 0.972 bits per heavy atom. The number of carbonyl (C=O) groups is 2. The summed E-state index contributed by atoms with van der Waals surface area (Å²) >= 11 is 7.62. The van der Waals surface area contributed by atoms with Gasteiger partial charge in [-0.3, -0.25) is 9.59 Å². The first-order chi connectivity index (χ1) is 17.5. The van der Waals surface area contributed by atoms with Crippen molar-refractivity contribution in [3.8, 4) is 5.75 Å². The molecule has 3 rings (SSSR count). The fourth-order valence-corrected chi connectivity index (χ4v) is 4.92. The molecule has 0 unspecified atom stereocenters. The fourth-order valence-electron chi connectivity index (χ4n) is 3.85. The van der Waals surface area contributed by atoms with E-state index in [-0.39, 0.29) is 17.6 Å². The second kappa shape index (κ2) is 14.6. The summed E-state index contributed by atoms with van der Waals surface area (Å²) in [6, 6.07) is 24.4. The number of nitrogens with zero attached hydrogens (tertiary/aromatic N) is 1. The first kappa shape index (κ1) is 27.6. The lowest BCUT2D eigenvalue weighted by molar-refractivity contribution is -0.139. The van der Waals surface area contributed by atoms with Crippen molar-refractivity contribution in [3.05, 3.63) is 101 Å². The Morgan fingerprint density at radius 2 is 1.69 bits per heavy atom. The van der Waals surface area contributed by atoms with E-state index in [2.05, 4.69) is 5.32 Å². The van der Waals surface area contributed by atoms with Gasteiger partial charge in [0.15, 0.2) is 0 Å². The lowest BCUT2D eigenvalue weighted by Gasteiger charge is -2.31. The van der Waals surface area contributed by atoms with E-state index in [0.29, 0.717) is 36.0 Å². The standard InChI is InChI=1S/C29H33ClN2O3S/c1-3-15-31-29(34)27(18-22-9-5-4-6-10-22)32(19-23-11-8-14-26(17-23)35-2)28(33)21-36-20-24-12-7-13-25(30)16-24/h4-14,16-17,27H,3,15,18-21H2,1-2H3,(H,31,34)/t27-/m1/s1. The van der Waals surface area contributed by atoms with Crippen LogP contribution >= 0.6 is 23.4 Å². The van der Waals surface area contributed by atoms with Crippen molar-refractivity contribution in [2.45, 2.75) is 38.1 Å². The third-order valence-corrected chi connectivity index (χ3v) is 6.91. The number of carbonyl (C=O) groups excluding carboxylic acids is 2. The minimum Gasteiger partial charge on any atom is -0.497 e. The van der Waals surface area contributed by atoms with Crippen LogP contribution in [-0.2, 0) is 28.3 Å². The van der Waals surface area contributed by atoms with E-state index < -0.39 is 6.04 Å². The third kappa shape index (κ3) is 8.61. The van der Waals surface area contributed by atoms with Crippen LogP contribution in [0.5, 0.6) is 5.75 Å². The Labute approximate surface area is 223 Å². The van der Waals surface area contributed by atoms with Crippen LogP contribution in [0.2, 0.25) is 5.02 Å². The van der Waals surface area contributed by atoms with Gasteiger partial charge >= 0.3 is 0 Å². The van der Waals surface area contributed by atoms with E-state index >= 15 is 0 Å². The van der Waals surface area contributed by atoms with Crippen molar-refractivity contribution < 1.29 is 14.3 Å². The monoisotopic (exact) mass is 524 g/mol. The second-order valence-corrected chi connectivity index (χ2v) is 9.91. The number of amides is 2. The summed E-state index contributed by atoms with van der Waals surface area (Å²) in [4.78, 5) is 28.7. The minimum absolute atomic E-state index is 0.0857. The molecule has 0 saturated heterocycles. The second-order valence-electron chi connectivity index (χ2n) is 8.49. The molecule has 0 aliphatic rings. The number of halogens is 1. The molecule has 0 aliphatic heterocycles. The molecular weight excluding hydrogens is 492 g/mol. The number of hydrogen-bond acceptors (Lipinski definition) is 4. The van der Waals surface area contributed by atoms with Gasteiger partial charge in [0, 0.05) is 30.3 Å². The van der Waals surface area contributed by atoms with E-state index in [4.69, 9.17) is 16.3 Å². The van der Waals surface area contributed by atoms with Crippen molar-refractivity contribution in [1.29, 1.82) is 0 Å². The van der Waals surface area contributed by atoms with Gasteiger partial charge in [-0.15, -0.1) is 11.8 Å². The molecule has 0 bridgehead atoms. The van der Waals surface area contributed by atoms with Gasteiger partial charge in [-0.1, -0.05) is 73.1 Å². The SMILES string of the molecule is CCCNC(=O)[C@@H](Cc1ccccc1)N(Cc1cccc(OC)c1)C(=O)CSCc1cccc(Cl)c1. The Kier molecular flexibility index (Phi) is 11.2. The largest absolute Gasteiger partial charge is 0.497 e. The van der Waals surface area contributed by atoms with E-state index in [9.17, 15) is 9.59 Å². The maximum absolute atomic E-state index is 13.6. The van der Waals surface area contributed by atoms with Gasteiger partial charge < -0.3 is 15.0 Å². The van der Waals surface area contributed by atoms with Crippen LogP contribution in [0.1, 0.15) is 30.0 Å². The zero-order valence-electron chi connectivity index (χ0n) is 20.8. The molecule has 0 spiro atoms. The average Bonchev–Trinajstić information content (AvgIpc) is 2.90. The molecule has 1 atom stereocenters. The van der Waals surface area contributed by atoms with Crippen LogP contribution in [0.4, 0.5) is 0 Å². The number of ether oxygens (including phenoxy) is 1. The van der Waals surface area contributed by atoms with E-state index in [1.165, 1.54) is 11.8 Å². The van der Waals surface area contributed by atoms with Crippen LogP contribution in [0.25, 0.3) is 0 Å². The maximum atomic E-state index is 13.6. The highest BCUT2D eigenvalue weighted by Gasteiger charge is 2.30. The lowest BCUT2D eigenvalue weighted by atomic mass is 10.0. The van der Waals surface area contributed by atoms with Crippen molar-refractivity contribution in [1.82, 2.24) is 10.2 Å². The van der Waals surface area contributed by atoms with Gasteiger partial charge in [0.05, 0.1) is 12.9 Å². The van der Waals surface area contributed by atoms with Crippen molar-refractivity contribution in [2.75, 3.05) is 19.4 Å². The van der Waals surface area contributed by atoms with Gasteiger partial charge in [0.1, 0.15) is 11.8 Å². The highest BCUT2D eigenvalue weighted by molar-refractivity contribution is 7.99. The molecule has 3 aromatic rings. The summed E-state index contributed by atoms with van der Waals surface area (Å²) in [7, 11) is 1.62. The van der Waals surface area contributed by atoms with E-state index in [1.54, 1.807) is 12.0 Å². The molecule has 5 nitrogen and oxygen atoms in total. The lowest BCUT2D eigenvalue weighted by Crippen LogP contribution is -2.51. The van der Waals surface area contributed by atoms with Crippen molar-refractivity contribution in [2.24, 2.45) is 0 Å². The van der Waals surface area contributed by atoms with Gasteiger partial charge in [0.2, 0.25) is 11.8 Å². The van der Waals surface area contributed by atoms with Crippen LogP contribution < -0.4 is 10.1 Å². The molecule has 36 heavy (non-hydrogen) atoms. The smallest absolute Gasteiger partial charge is 0.243 e. The molecule has 2 amide bonds. The Hall–Kier alpha value is -2.96. The van der Waals surface area contributed by atoms with Gasteiger partial charge in [-0.05, 0) is 47.4 Å². The average molecular weight is 525 g/mol. The first-order valence-corrected chi connectivity index (χ1v) is 13.6. The van der Waals surface area contributed by atoms with Gasteiger partial charge in [-0.2, -0.15) is 0 Å². The summed E-state index contributed by atoms with van der Waals surface area (Å²) in [5, 5.41) is 3.68. The number of thioether (sulfide) groups is 1. The molecule has 190 valence electrons. The molecule has 0 radical (unpaired) electrons.